The van der Waals surface area contributed by atoms with Crippen LogP contribution >= 0.6 is 34.5 Å². The Kier molecular flexibility index (Phi) is 16.2. The molecule has 0 radical (unpaired) electrons. The van der Waals surface area contributed by atoms with Gasteiger partial charge in [-0.3, -0.25) is 4.90 Å². The van der Waals surface area contributed by atoms with E-state index in [9.17, 15) is 14.3 Å². The molecule has 3 aromatic carbocycles. The largest absolute Gasteiger partial charge is 0.490 e. The van der Waals surface area contributed by atoms with Crippen molar-refractivity contribution in [3.05, 3.63) is 105 Å². The van der Waals surface area contributed by atoms with Crippen LogP contribution in [0.3, 0.4) is 0 Å². The minimum Gasteiger partial charge on any atom is -0.490 e. The summed E-state index contributed by atoms with van der Waals surface area (Å²) in [5.41, 5.74) is 4.51. The average molecular weight is 1060 g/mol. The Hall–Kier alpha value is -5.24. The third-order valence-electron chi connectivity index (χ3n) is 14.2. The second-order valence-electron chi connectivity index (χ2n) is 19.3. The predicted octanol–water partition coefficient (Wildman–Crippen LogP) is 9.62. The molecule has 3 fully saturated rings. The summed E-state index contributed by atoms with van der Waals surface area (Å²) in [5, 5.41) is 12.0. The summed E-state index contributed by atoms with van der Waals surface area (Å²) in [6, 6.07) is 13.3. The van der Waals surface area contributed by atoms with Gasteiger partial charge in [0, 0.05) is 73.9 Å². The first-order chi connectivity index (χ1) is 35.4. The standard InChI is InChI=1S/C54H59Cl2FN6O9S/c1-31-44-32(2)48(56)49(47(31)55)71-40(24-63-18-16-62(3)17-19-63)29-69-39-12-13-42(70-26-38-14-15-58-51(61-38)35-6-4-33(5-7-35)25-67-28-41-27-66-20-21-68-41)36(22-39)23-43(54(64)65)72-52-46-45(44)50(73-53(46)60-30-59-52)34-8-10-37(57)11-9-34/h8-15,22,30,33,35,40-41,43H,4-7,16-21,23-29H2,1-3H3,(H,64,65)/t33-,35+,40?,41-,43-/m1/s1. The number of carboxylic acid groups (broad SMARTS) is 1. The molecular weight excluding hydrogens is 999 g/mol. The Morgan fingerprint density at radius 2 is 1.67 bits per heavy atom. The number of hydrogen-bond acceptors (Lipinski definition) is 15. The molecule has 6 aromatic rings. The Bertz CT molecular complexity index is 2880. The molecule has 5 aliphatic rings. The molecule has 19 heteroatoms. The Balaban J connectivity index is 0.968. The lowest BCUT2D eigenvalue weighted by Gasteiger charge is -2.35. The van der Waals surface area contributed by atoms with E-state index in [1.165, 1.54) is 29.8 Å². The van der Waals surface area contributed by atoms with Gasteiger partial charge in [-0.1, -0.05) is 35.3 Å². The summed E-state index contributed by atoms with van der Waals surface area (Å²) < 4.78 is 58.2. The zero-order valence-corrected chi connectivity index (χ0v) is 43.4. The summed E-state index contributed by atoms with van der Waals surface area (Å²) in [4.78, 5) is 38.1. The van der Waals surface area contributed by atoms with Crippen LogP contribution < -0.4 is 18.9 Å². The summed E-state index contributed by atoms with van der Waals surface area (Å²) in [6.07, 6.45) is 4.92. The van der Waals surface area contributed by atoms with Crippen molar-refractivity contribution in [3.8, 4) is 44.7 Å². The number of aliphatic carboxylic acids is 1. The van der Waals surface area contributed by atoms with Gasteiger partial charge in [-0.05, 0) is 111 Å². The number of thiophene rings is 1. The molecule has 73 heavy (non-hydrogen) atoms. The van der Waals surface area contributed by atoms with Crippen LogP contribution in [-0.4, -0.2) is 139 Å². The fraction of sp³-hybridized carbons (Fsp3) is 0.463. The highest BCUT2D eigenvalue weighted by atomic mass is 35.5. The second-order valence-corrected chi connectivity index (χ2v) is 21.1. The fourth-order valence-electron chi connectivity index (χ4n) is 10.1. The van der Waals surface area contributed by atoms with Crippen molar-refractivity contribution in [3.63, 3.8) is 0 Å². The van der Waals surface area contributed by atoms with Gasteiger partial charge in [0.25, 0.3) is 0 Å². The molecule has 386 valence electrons. The van der Waals surface area contributed by atoms with Gasteiger partial charge in [-0.2, -0.15) is 0 Å². The fourth-order valence-corrected chi connectivity index (χ4v) is 11.8. The topological polar surface area (TPSA) is 160 Å². The van der Waals surface area contributed by atoms with Crippen molar-refractivity contribution in [2.24, 2.45) is 5.92 Å². The molecule has 0 spiro atoms. The molecule has 15 nitrogen and oxygen atoms in total. The molecule has 3 aromatic heterocycles. The molecule has 1 unspecified atom stereocenters. The van der Waals surface area contributed by atoms with E-state index in [1.54, 1.807) is 36.5 Å². The zero-order chi connectivity index (χ0) is 50.6. The van der Waals surface area contributed by atoms with Gasteiger partial charge in [0.15, 0.2) is 5.75 Å². The van der Waals surface area contributed by atoms with Crippen LogP contribution in [0.15, 0.2) is 61.1 Å². The first-order valence-corrected chi connectivity index (χ1v) is 26.5. The van der Waals surface area contributed by atoms with E-state index in [4.69, 9.17) is 61.3 Å². The normalized spacial score (nSPS) is 22.0. The van der Waals surface area contributed by atoms with Crippen LogP contribution in [0.25, 0.3) is 31.8 Å². The molecule has 11 rings (SSSR count). The third-order valence-corrected chi connectivity index (χ3v) is 16.3. The number of rotatable bonds is 12. The zero-order valence-electron chi connectivity index (χ0n) is 41.1. The first kappa shape index (κ1) is 51.3. The Labute approximate surface area is 437 Å². The van der Waals surface area contributed by atoms with Gasteiger partial charge in [0.1, 0.15) is 59.7 Å². The summed E-state index contributed by atoms with van der Waals surface area (Å²) in [5.74, 6) is 1.10. The number of likely N-dealkylation sites (N-methyl/N-ethyl adjacent to an activating group) is 1. The van der Waals surface area contributed by atoms with E-state index in [1.807, 2.05) is 19.9 Å². The van der Waals surface area contributed by atoms with E-state index in [-0.39, 0.29) is 37.5 Å². The maximum absolute atomic E-state index is 14.4. The summed E-state index contributed by atoms with van der Waals surface area (Å²) >= 11 is 16.0. The SMILES string of the molecule is Cc1c(Cl)c2c(Cl)c(C)c1-c1c(-c3ccc(F)cc3)sc3ncnc(c13)O[C@@H](C(=O)O)Cc1cc(ccc1OCc1ccnc([C@H]3CC[C@@H](COC[C@H]4COCCO4)CC3)n1)OCC(CN1CCN(C)CC1)O2. The third kappa shape index (κ3) is 11.8. The molecule has 7 heterocycles. The number of carbonyl (C=O) groups is 1. The molecule has 2 saturated heterocycles. The van der Waals surface area contributed by atoms with Gasteiger partial charge in [0.2, 0.25) is 12.0 Å². The van der Waals surface area contributed by atoms with Crippen molar-refractivity contribution < 1.29 is 47.4 Å². The highest BCUT2D eigenvalue weighted by Crippen LogP contribution is 2.53. The van der Waals surface area contributed by atoms with Crippen LogP contribution in [0.1, 0.15) is 59.8 Å². The van der Waals surface area contributed by atoms with Crippen molar-refractivity contribution in [1.29, 1.82) is 0 Å². The summed E-state index contributed by atoms with van der Waals surface area (Å²) in [6.45, 7) is 11.0. The van der Waals surface area contributed by atoms with E-state index in [2.05, 4.69) is 31.8 Å². The molecule has 1 N–H and O–H groups in total. The lowest BCUT2D eigenvalue weighted by molar-refractivity contribution is -0.145. The number of halogens is 3. The van der Waals surface area contributed by atoms with Gasteiger partial charge in [-0.25, -0.2) is 29.1 Å². The van der Waals surface area contributed by atoms with E-state index >= 15 is 0 Å². The summed E-state index contributed by atoms with van der Waals surface area (Å²) in [7, 11) is 2.11. The van der Waals surface area contributed by atoms with E-state index in [0.717, 1.165) is 57.7 Å². The van der Waals surface area contributed by atoms with E-state index in [0.29, 0.717) is 127 Å². The maximum Gasteiger partial charge on any atom is 0.345 e. The van der Waals surface area contributed by atoms with Crippen molar-refractivity contribution in [2.45, 2.75) is 76.8 Å². The minimum atomic E-state index is -1.46. The molecule has 3 atom stereocenters. The lowest BCUT2D eigenvalue weighted by Crippen LogP contribution is -2.49. The maximum atomic E-state index is 14.4. The van der Waals surface area contributed by atoms with E-state index < -0.39 is 24.0 Å². The van der Waals surface area contributed by atoms with Crippen molar-refractivity contribution in [2.75, 3.05) is 79.4 Å². The van der Waals surface area contributed by atoms with Crippen LogP contribution in [-0.2, 0) is 32.0 Å². The van der Waals surface area contributed by atoms with Gasteiger partial charge < -0.3 is 43.2 Å². The van der Waals surface area contributed by atoms with Gasteiger partial charge in [0.05, 0.1) is 47.6 Å². The quantitative estimate of drug-likeness (QED) is 0.123. The molecule has 1 aliphatic carbocycles. The number of fused-ring (bicyclic) bond motifs is 7. The number of carboxylic acids is 1. The second kappa shape index (κ2) is 23.1. The van der Waals surface area contributed by atoms with Gasteiger partial charge in [-0.15, -0.1) is 11.3 Å². The Morgan fingerprint density at radius 3 is 2.41 bits per heavy atom. The monoisotopic (exact) mass is 1060 g/mol. The van der Waals surface area contributed by atoms with Crippen LogP contribution in [0.4, 0.5) is 4.39 Å². The average Bonchev–Trinajstić information content (AvgIpc) is 3.79. The number of nitrogens with zero attached hydrogens (tertiary/aromatic N) is 6. The number of aromatic nitrogens is 4. The molecular formula is C54H59Cl2FN6O9S. The number of piperazine rings is 1. The Morgan fingerprint density at radius 1 is 0.890 bits per heavy atom. The molecule has 4 aliphatic heterocycles. The van der Waals surface area contributed by atoms with Crippen molar-refractivity contribution >= 4 is 50.7 Å². The molecule has 1 saturated carbocycles. The molecule has 0 amide bonds. The van der Waals surface area contributed by atoms with Crippen molar-refractivity contribution in [1.82, 2.24) is 29.7 Å². The van der Waals surface area contributed by atoms with Gasteiger partial charge >= 0.3 is 5.97 Å². The number of benzene rings is 3. The minimum absolute atomic E-state index is 0.00415. The highest BCUT2D eigenvalue weighted by molar-refractivity contribution is 7.22. The highest BCUT2D eigenvalue weighted by Gasteiger charge is 2.33. The van der Waals surface area contributed by atoms with Crippen LogP contribution in [0, 0.1) is 25.6 Å². The predicted molar refractivity (Wildman–Crippen MR) is 276 cm³/mol. The number of ether oxygens (including phenoxy) is 7. The van der Waals surface area contributed by atoms with Crippen LogP contribution in [0.5, 0.6) is 23.1 Å². The first-order valence-electron chi connectivity index (χ1n) is 24.9. The van der Waals surface area contributed by atoms with Crippen LogP contribution in [0.2, 0.25) is 10.0 Å². The number of hydrogen-bond donors (Lipinski definition) is 1. The smallest absolute Gasteiger partial charge is 0.345 e. The molecule has 4 bridgehead atoms. The lowest BCUT2D eigenvalue weighted by atomic mass is 9.82.